The molecule has 1 fully saturated rings. The average Bonchev–Trinajstić information content (AvgIpc) is 3.07. The third kappa shape index (κ3) is 2.75. The topological polar surface area (TPSA) is 60.2 Å². The van der Waals surface area contributed by atoms with E-state index in [0.717, 1.165) is 25.3 Å². The maximum absolute atomic E-state index is 5.88. The molecule has 0 aromatic carbocycles. The number of anilines is 2. The summed E-state index contributed by atoms with van der Waals surface area (Å²) in [5.74, 6) is 2.13. The molecule has 0 radical (unpaired) electrons. The molecule has 1 saturated carbocycles. The van der Waals surface area contributed by atoms with Crippen LogP contribution in [0, 0.1) is 5.92 Å². The van der Waals surface area contributed by atoms with Crippen LogP contribution < -0.4 is 15.8 Å². The molecule has 0 amide bonds. The van der Waals surface area contributed by atoms with Gasteiger partial charge in [0.25, 0.3) is 0 Å². The van der Waals surface area contributed by atoms with Gasteiger partial charge in [-0.15, -0.1) is 0 Å². The van der Waals surface area contributed by atoms with Crippen molar-refractivity contribution in [1.82, 2.24) is 4.98 Å². The zero-order chi connectivity index (χ0) is 12.4. The molecule has 2 aliphatic carbocycles. The Bertz CT molecular complexity index is 446. The van der Waals surface area contributed by atoms with Gasteiger partial charge in [0, 0.05) is 6.04 Å². The van der Waals surface area contributed by atoms with E-state index in [1.54, 1.807) is 0 Å². The number of nitrogens with zero attached hydrogens (tertiary/aromatic N) is 1. The first-order valence-corrected chi connectivity index (χ1v) is 6.62. The van der Waals surface area contributed by atoms with Crippen molar-refractivity contribution < 1.29 is 4.74 Å². The predicted molar refractivity (Wildman–Crippen MR) is 72.7 cm³/mol. The first-order chi connectivity index (χ1) is 8.81. The molecule has 0 unspecified atom stereocenters. The maximum atomic E-state index is 5.88. The van der Waals surface area contributed by atoms with Gasteiger partial charge in [0.15, 0.2) is 0 Å². The molecule has 4 nitrogen and oxygen atoms in total. The Morgan fingerprint density at radius 2 is 2.06 bits per heavy atom. The predicted octanol–water partition coefficient (Wildman–Crippen LogP) is 2.58. The molecule has 2 aliphatic rings. The Morgan fingerprint density at radius 1 is 1.28 bits per heavy atom. The number of pyridine rings is 1. The van der Waals surface area contributed by atoms with Crippen LogP contribution in [0.25, 0.3) is 0 Å². The molecule has 0 aliphatic heterocycles. The molecule has 18 heavy (non-hydrogen) atoms. The number of nitrogen functional groups attached to an aromatic ring is 1. The van der Waals surface area contributed by atoms with Crippen molar-refractivity contribution in [2.24, 2.45) is 5.92 Å². The molecule has 1 aromatic heterocycles. The van der Waals surface area contributed by atoms with Gasteiger partial charge in [0.2, 0.25) is 5.88 Å². The van der Waals surface area contributed by atoms with E-state index in [2.05, 4.69) is 22.5 Å². The second-order valence-electron chi connectivity index (χ2n) is 5.13. The Kier molecular flexibility index (Phi) is 3.09. The first-order valence-electron chi connectivity index (χ1n) is 6.62. The maximum Gasteiger partial charge on any atom is 0.239 e. The van der Waals surface area contributed by atoms with E-state index in [4.69, 9.17) is 10.5 Å². The van der Waals surface area contributed by atoms with Crippen molar-refractivity contribution in [3.05, 3.63) is 24.3 Å². The van der Waals surface area contributed by atoms with Crippen molar-refractivity contribution in [3.8, 4) is 5.88 Å². The fourth-order valence-corrected chi connectivity index (χ4v) is 2.07. The first kappa shape index (κ1) is 11.4. The van der Waals surface area contributed by atoms with E-state index < -0.39 is 0 Å². The quantitative estimate of drug-likeness (QED) is 0.783. The number of aromatic nitrogens is 1. The Balaban J connectivity index is 1.64. The summed E-state index contributed by atoms with van der Waals surface area (Å²) in [5.41, 5.74) is 6.49. The monoisotopic (exact) mass is 245 g/mol. The summed E-state index contributed by atoms with van der Waals surface area (Å²) >= 11 is 0. The second kappa shape index (κ2) is 4.88. The highest BCUT2D eigenvalue weighted by Crippen LogP contribution is 2.31. The number of ether oxygens (including phenoxy) is 1. The number of nitrogens with one attached hydrogen (secondary N) is 1. The molecule has 3 rings (SSSR count). The molecule has 1 aromatic rings. The Labute approximate surface area is 107 Å². The fraction of sp³-hybridized carbons (Fsp3) is 0.500. The van der Waals surface area contributed by atoms with Gasteiger partial charge in [-0.3, -0.25) is 0 Å². The second-order valence-corrected chi connectivity index (χ2v) is 5.13. The normalized spacial score (nSPS) is 19.1. The van der Waals surface area contributed by atoms with Gasteiger partial charge < -0.3 is 15.8 Å². The molecule has 0 saturated heterocycles. The highest BCUT2D eigenvalue weighted by molar-refractivity contribution is 5.54. The lowest BCUT2D eigenvalue weighted by Gasteiger charge is -2.14. The highest BCUT2D eigenvalue weighted by atomic mass is 16.5. The summed E-state index contributed by atoms with van der Waals surface area (Å²) < 4.78 is 5.67. The third-order valence-electron chi connectivity index (χ3n) is 3.40. The summed E-state index contributed by atoms with van der Waals surface area (Å²) in [6.45, 7) is 0.742. The van der Waals surface area contributed by atoms with E-state index in [9.17, 15) is 0 Å². The summed E-state index contributed by atoms with van der Waals surface area (Å²) in [5, 5.41) is 3.40. The third-order valence-corrected chi connectivity index (χ3v) is 3.40. The van der Waals surface area contributed by atoms with Crippen LogP contribution in [-0.2, 0) is 0 Å². The molecule has 96 valence electrons. The van der Waals surface area contributed by atoms with Crippen molar-refractivity contribution >= 4 is 11.5 Å². The van der Waals surface area contributed by atoms with Crippen LogP contribution in [0.4, 0.5) is 11.5 Å². The van der Waals surface area contributed by atoms with Crippen molar-refractivity contribution in [1.29, 1.82) is 0 Å². The lowest BCUT2D eigenvalue weighted by Crippen LogP contribution is -2.16. The van der Waals surface area contributed by atoms with Crippen LogP contribution in [0.1, 0.15) is 25.7 Å². The van der Waals surface area contributed by atoms with Crippen molar-refractivity contribution in [2.75, 3.05) is 17.7 Å². The average molecular weight is 245 g/mol. The minimum absolute atomic E-state index is 0.456. The van der Waals surface area contributed by atoms with E-state index in [1.807, 2.05) is 12.1 Å². The minimum atomic E-state index is 0.456. The minimum Gasteiger partial charge on any atom is -0.476 e. The molecule has 0 atom stereocenters. The molecule has 0 spiro atoms. The lowest BCUT2D eigenvalue weighted by molar-refractivity contribution is 0.290. The van der Waals surface area contributed by atoms with Crippen molar-refractivity contribution in [2.45, 2.75) is 31.7 Å². The molecule has 0 bridgehead atoms. The van der Waals surface area contributed by atoms with Gasteiger partial charge in [-0.1, -0.05) is 12.2 Å². The molecular formula is C14H19N3O. The summed E-state index contributed by atoms with van der Waals surface area (Å²) in [7, 11) is 0. The molecule has 1 heterocycles. The number of rotatable bonds is 5. The van der Waals surface area contributed by atoms with Crippen molar-refractivity contribution in [3.63, 3.8) is 0 Å². The largest absolute Gasteiger partial charge is 0.476 e. The number of hydrogen-bond donors (Lipinski definition) is 2. The van der Waals surface area contributed by atoms with Gasteiger partial charge in [-0.2, -0.15) is 4.98 Å². The van der Waals surface area contributed by atoms with E-state index in [-0.39, 0.29) is 0 Å². The molecule has 4 heteroatoms. The van der Waals surface area contributed by atoms with Crippen LogP contribution in [0.15, 0.2) is 24.3 Å². The zero-order valence-electron chi connectivity index (χ0n) is 10.4. The zero-order valence-corrected chi connectivity index (χ0v) is 10.4. The summed E-state index contributed by atoms with van der Waals surface area (Å²) in [6, 6.07) is 4.23. The van der Waals surface area contributed by atoms with Gasteiger partial charge in [0.05, 0.1) is 12.3 Å². The van der Waals surface area contributed by atoms with Gasteiger partial charge in [-0.05, 0) is 43.7 Å². The fourth-order valence-electron chi connectivity index (χ4n) is 2.07. The van der Waals surface area contributed by atoms with E-state index in [0.29, 0.717) is 23.5 Å². The number of nitrogens with two attached hydrogens (primary N) is 1. The molecular weight excluding hydrogens is 226 g/mol. The van der Waals surface area contributed by atoms with Gasteiger partial charge in [0.1, 0.15) is 5.82 Å². The van der Waals surface area contributed by atoms with E-state index in [1.165, 1.54) is 12.8 Å². The lowest BCUT2D eigenvalue weighted by atomic mass is 10.2. The smallest absolute Gasteiger partial charge is 0.239 e. The van der Waals surface area contributed by atoms with Gasteiger partial charge in [-0.25, -0.2) is 0 Å². The summed E-state index contributed by atoms with van der Waals surface area (Å²) in [6.07, 6.45) is 9.05. The van der Waals surface area contributed by atoms with Crippen LogP contribution in [0.3, 0.4) is 0 Å². The Hall–Kier alpha value is -1.71. The van der Waals surface area contributed by atoms with Gasteiger partial charge >= 0.3 is 0 Å². The van der Waals surface area contributed by atoms with Crippen LogP contribution in [0.5, 0.6) is 5.88 Å². The van der Waals surface area contributed by atoms with Crippen LogP contribution in [0.2, 0.25) is 0 Å². The van der Waals surface area contributed by atoms with Crippen LogP contribution >= 0.6 is 0 Å². The SMILES string of the molecule is Nc1ccc(NC2CC=CC2)nc1OCC1CC1. The van der Waals surface area contributed by atoms with E-state index >= 15 is 0 Å². The van der Waals surface area contributed by atoms with Crippen LogP contribution in [-0.4, -0.2) is 17.6 Å². The standard InChI is InChI=1S/C14H19N3O/c15-12-7-8-13(16-11-3-1-2-4-11)17-14(12)18-9-10-5-6-10/h1-2,7-8,10-11H,3-6,9,15H2,(H,16,17). The number of hydrogen-bond acceptors (Lipinski definition) is 4. The Morgan fingerprint density at radius 3 is 2.78 bits per heavy atom. The highest BCUT2D eigenvalue weighted by Gasteiger charge is 2.22. The summed E-state index contributed by atoms with van der Waals surface area (Å²) in [4.78, 5) is 4.45. The molecule has 3 N–H and O–H groups in total.